The van der Waals surface area contributed by atoms with E-state index in [4.69, 9.17) is 15.2 Å². The number of nitrogens with two attached hydrogens (primary N) is 1. The lowest BCUT2D eigenvalue weighted by molar-refractivity contribution is -0.128. The van der Waals surface area contributed by atoms with E-state index < -0.39 is 30.1 Å². The average Bonchev–Trinajstić information content (AvgIpc) is 2.99. The zero-order valence-corrected chi connectivity index (χ0v) is 27.5. The van der Waals surface area contributed by atoms with Crippen LogP contribution in [0.5, 0.6) is 0 Å². The molecule has 8 N–H and O–H groups in total. The van der Waals surface area contributed by atoms with Crippen LogP contribution in [-0.2, 0) is 30.5 Å². The average molecular weight is 646 g/mol. The van der Waals surface area contributed by atoms with Gasteiger partial charge in [-0.2, -0.15) is 0 Å². The first kappa shape index (κ1) is 37.9. The molecule has 2 rings (SSSR count). The fraction of sp³-hybridized carbons (Fsp3) is 0.594. The van der Waals surface area contributed by atoms with E-state index in [-0.39, 0.29) is 42.7 Å². The lowest BCUT2D eigenvalue weighted by Gasteiger charge is -2.41. The van der Waals surface area contributed by atoms with E-state index in [0.717, 1.165) is 18.5 Å². The molecule has 1 aromatic rings. The molecule has 0 unspecified atom stereocenters. The number of alkyl carbamates (subject to hydrolysis) is 1. The largest absolute Gasteiger partial charge is 0.445 e. The summed E-state index contributed by atoms with van der Waals surface area (Å²) in [5.74, 6) is -0.877. The van der Waals surface area contributed by atoms with E-state index in [1.54, 1.807) is 31.2 Å². The number of carbonyl (C=O) groups is 5. The summed E-state index contributed by atoms with van der Waals surface area (Å²) in [6.07, 6.45) is 2.06. The van der Waals surface area contributed by atoms with E-state index >= 15 is 0 Å². The van der Waals surface area contributed by atoms with Gasteiger partial charge < -0.3 is 47.1 Å². The van der Waals surface area contributed by atoms with E-state index in [0.29, 0.717) is 50.4 Å². The molecule has 1 aromatic carbocycles. The second kappa shape index (κ2) is 19.2. The van der Waals surface area contributed by atoms with Crippen LogP contribution in [0.3, 0.4) is 0 Å². The molecule has 14 nitrogen and oxygen atoms in total. The second-order valence-electron chi connectivity index (χ2n) is 12.0. The molecule has 1 aliphatic heterocycles. The van der Waals surface area contributed by atoms with Gasteiger partial charge in [-0.25, -0.2) is 9.59 Å². The van der Waals surface area contributed by atoms with Crippen LogP contribution >= 0.6 is 0 Å². The van der Waals surface area contributed by atoms with Gasteiger partial charge in [-0.15, -0.1) is 0 Å². The summed E-state index contributed by atoms with van der Waals surface area (Å²) in [5.41, 5.74) is 6.73. The number of anilines is 1. The van der Waals surface area contributed by atoms with Crippen molar-refractivity contribution >= 4 is 35.5 Å². The highest BCUT2D eigenvalue weighted by Crippen LogP contribution is 2.25. The zero-order valence-electron chi connectivity index (χ0n) is 27.5. The van der Waals surface area contributed by atoms with Crippen LogP contribution in [0.1, 0.15) is 65.4 Å². The van der Waals surface area contributed by atoms with Gasteiger partial charge in [0, 0.05) is 37.4 Å². The Bertz CT molecular complexity index is 1190. The van der Waals surface area contributed by atoms with Crippen molar-refractivity contribution in [1.29, 1.82) is 0 Å². The Kier molecular flexibility index (Phi) is 15.8. The Labute approximate surface area is 271 Å². The van der Waals surface area contributed by atoms with Crippen LogP contribution in [0.15, 0.2) is 36.5 Å². The molecule has 0 aliphatic carbocycles. The van der Waals surface area contributed by atoms with Gasteiger partial charge in [-0.1, -0.05) is 52.8 Å². The third-order valence-electron chi connectivity index (χ3n) is 7.46. The van der Waals surface area contributed by atoms with Crippen molar-refractivity contribution in [2.45, 2.75) is 78.5 Å². The first-order valence-corrected chi connectivity index (χ1v) is 15.8. The maximum atomic E-state index is 13.3. The molecular weight excluding hydrogens is 594 g/mol. The molecule has 1 saturated heterocycles. The molecule has 1 aliphatic rings. The highest BCUT2D eigenvalue weighted by Gasteiger charge is 2.39. The third-order valence-corrected chi connectivity index (χ3v) is 7.46. The van der Waals surface area contributed by atoms with Crippen molar-refractivity contribution < 1.29 is 33.4 Å². The highest BCUT2D eigenvalue weighted by molar-refractivity contribution is 5.98. The van der Waals surface area contributed by atoms with Gasteiger partial charge in [0.05, 0.1) is 18.6 Å². The molecule has 6 amide bonds. The summed E-state index contributed by atoms with van der Waals surface area (Å²) < 4.78 is 10.6. The number of allylic oxidation sites excluding steroid dienone is 1. The van der Waals surface area contributed by atoms with E-state index in [1.807, 2.05) is 20.8 Å². The minimum Gasteiger partial charge on any atom is -0.445 e. The van der Waals surface area contributed by atoms with E-state index in [1.165, 1.54) is 0 Å². The molecule has 0 radical (unpaired) electrons. The van der Waals surface area contributed by atoms with Crippen molar-refractivity contribution in [3.05, 3.63) is 42.1 Å². The number of carbonyl (C=O) groups excluding carboxylic acids is 5. The molecule has 256 valence electrons. The van der Waals surface area contributed by atoms with Crippen LogP contribution in [0, 0.1) is 11.3 Å². The number of primary amides is 1. The van der Waals surface area contributed by atoms with Gasteiger partial charge in [0.15, 0.2) is 0 Å². The minimum atomic E-state index is -0.879. The maximum absolute atomic E-state index is 13.3. The summed E-state index contributed by atoms with van der Waals surface area (Å²) in [7, 11) is 0. The Morgan fingerprint density at radius 2 is 1.65 bits per heavy atom. The number of ether oxygens (including phenoxy) is 2. The van der Waals surface area contributed by atoms with Crippen molar-refractivity contribution in [2.75, 3.05) is 38.2 Å². The molecule has 0 saturated carbocycles. The van der Waals surface area contributed by atoms with Crippen LogP contribution in [0.25, 0.3) is 0 Å². The smallest absolute Gasteiger partial charge is 0.407 e. The normalized spacial score (nSPS) is 14.5. The predicted octanol–water partition coefficient (Wildman–Crippen LogP) is 2.26. The minimum absolute atomic E-state index is 0.00852. The summed E-state index contributed by atoms with van der Waals surface area (Å²) in [4.78, 5) is 61.5. The van der Waals surface area contributed by atoms with Crippen LogP contribution in [-0.4, -0.2) is 74.8 Å². The van der Waals surface area contributed by atoms with E-state index in [2.05, 4.69) is 38.5 Å². The van der Waals surface area contributed by atoms with E-state index in [9.17, 15) is 24.0 Å². The Morgan fingerprint density at radius 3 is 2.22 bits per heavy atom. The second-order valence-corrected chi connectivity index (χ2v) is 12.0. The number of nitrogens with one attached hydrogen (secondary N) is 6. The van der Waals surface area contributed by atoms with Gasteiger partial charge in [0.1, 0.15) is 18.7 Å². The summed E-state index contributed by atoms with van der Waals surface area (Å²) in [6, 6.07) is 4.65. The fourth-order valence-electron chi connectivity index (χ4n) is 4.62. The molecule has 2 atom stereocenters. The molecule has 1 heterocycles. The quantitative estimate of drug-likeness (QED) is 0.105. The third kappa shape index (κ3) is 13.3. The number of hydrogen-bond acceptors (Lipinski definition) is 8. The Hall–Kier alpha value is -4.33. The standard InChI is InChI=1S/C32H51N7O7/c1-6-9-22(5)37-27(21(3)4)29(42)39-25(10-8-15-34-30(33)43)28(41)38-24-13-11-23(12-14-24)16-46-31(44)36-18-32(19-45-20-32)17-35-26(40)7-2/h11-14,21,25,27,37H,5-10,15-20H2,1-4H3,(H,35,40)(H,36,44)(H,38,41)(H,39,42)(H3,33,34,43)/t25-,27-/m0/s1. The lowest BCUT2D eigenvalue weighted by atomic mass is 9.85. The number of urea groups is 1. The molecule has 14 heteroatoms. The van der Waals surface area contributed by atoms with Gasteiger partial charge in [0.2, 0.25) is 17.7 Å². The molecule has 0 spiro atoms. The van der Waals surface area contributed by atoms with Crippen molar-refractivity contribution in [2.24, 2.45) is 17.1 Å². The molecule has 0 bridgehead atoms. The first-order valence-electron chi connectivity index (χ1n) is 15.8. The predicted molar refractivity (Wildman–Crippen MR) is 174 cm³/mol. The van der Waals surface area contributed by atoms with Gasteiger partial charge in [0.25, 0.3) is 0 Å². The maximum Gasteiger partial charge on any atom is 0.407 e. The SMILES string of the molecule is C=C(CCC)N[C@H](C(=O)N[C@@H](CCCNC(N)=O)C(=O)Nc1ccc(COC(=O)NCC2(CNC(=O)CC)COC2)cc1)C(C)C. The topological polar surface area (TPSA) is 202 Å². The van der Waals surface area contributed by atoms with Gasteiger partial charge in [-0.05, 0) is 42.9 Å². The number of rotatable bonds is 20. The lowest BCUT2D eigenvalue weighted by Crippen LogP contribution is -2.56. The van der Waals surface area contributed by atoms with Crippen molar-refractivity contribution in [3.8, 4) is 0 Å². The van der Waals surface area contributed by atoms with Crippen LogP contribution in [0.4, 0.5) is 15.3 Å². The first-order chi connectivity index (χ1) is 21.9. The number of amides is 6. The molecule has 0 aromatic heterocycles. The summed E-state index contributed by atoms with van der Waals surface area (Å²) in [5, 5.41) is 16.9. The van der Waals surface area contributed by atoms with Gasteiger partial charge in [-0.3, -0.25) is 14.4 Å². The highest BCUT2D eigenvalue weighted by atomic mass is 16.5. The number of benzene rings is 1. The zero-order chi connectivity index (χ0) is 34.1. The van der Waals surface area contributed by atoms with Gasteiger partial charge >= 0.3 is 12.1 Å². The molecule has 1 fully saturated rings. The number of hydrogen-bond donors (Lipinski definition) is 7. The summed E-state index contributed by atoms with van der Waals surface area (Å²) in [6.45, 7) is 13.4. The molecular formula is C32H51N7O7. The summed E-state index contributed by atoms with van der Waals surface area (Å²) >= 11 is 0. The molecule has 46 heavy (non-hydrogen) atoms. The van der Waals surface area contributed by atoms with Crippen molar-refractivity contribution in [1.82, 2.24) is 26.6 Å². The fourth-order valence-corrected chi connectivity index (χ4v) is 4.62. The van der Waals surface area contributed by atoms with Crippen LogP contribution < -0.4 is 37.6 Å². The van der Waals surface area contributed by atoms with Crippen LogP contribution in [0.2, 0.25) is 0 Å². The van der Waals surface area contributed by atoms with Crippen molar-refractivity contribution in [3.63, 3.8) is 0 Å². The Balaban J connectivity index is 1.94. The Morgan fingerprint density at radius 1 is 0.978 bits per heavy atom. The monoisotopic (exact) mass is 645 g/mol.